The Bertz CT molecular complexity index is 191. The van der Waals surface area contributed by atoms with Gasteiger partial charge in [0.05, 0.1) is 0 Å². The van der Waals surface area contributed by atoms with Crippen LogP contribution in [0.2, 0.25) is 0 Å². The second kappa shape index (κ2) is 7.08. The molecule has 0 rings (SSSR count). The van der Waals surface area contributed by atoms with Gasteiger partial charge in [0.1, 0.15) is 0 Å². The summed E-state index contributed by atoms with van der Waals surface area (Å²) in [4.78, 5) is 10.9. The van der Waals surface area contributed by atoms with Crippen LogP contribution in [0.25, 0.3) is 0 Å². The summed E-state index contributed by atoms with van der Waals surface area (Å²) in [5.74, 6) is 0. The molecule has 14 heavy (non-hydrogen) atoms. The second-order valence-corrected chi connectivity index (χ2v) is 6.38. The van der Waals surface area contributed by atoms with E-state index >= 15 is 0 Å². The fourth-order valence-corrected chi connectivity index (χ4v) is 2.71. The molecule has 0 radical (unpaired) electrons. The Hall–Kier alpha value is 0.730. The van der Waals surface area contributed by atoms with Crippen molar-refractivity contribution >= 4 is 17.1 Å². The maximum absolute atomic E-state index is 10.9. The number of carbonyl (C=O) groups excluding carboxylic acids is 1. The Morgan fingerprint density at radius 2 is 1.71 bits per heavy atom. The molecule has 4 atom stereocenters. The zero-order valence-corrected chi connectivity index (χ0v) is 11.0. The minimum atomic E-state index is -1.77. The predicted octanol–water partition coefficient (Wildman–Crippen LogP) is -4.15. The Morgan fingerprint density at radius 3 is 2.07 bits per heavy atom. The molecule has 0 heterocycles. The van der Waals surface area contributed by atoms with E-state index < -0.39 is 52.6 Å². The topological polar surface area (TPSA) is 118 Å². The van der Waals surface area contributed by atoms with E-state index in [-0.39, 0.29) is 0 Å². The minimum absolute atomic E-state index is 0.568. The van der Waals surface area contributed by atoms with E-state index in [2.05, 4.69) is 0 Å². The molecule has 8 heteroatoms. The van der Waals surface area contributed by atoms with Crippen molar-refractivity contribution in [1.29, 1.82) is 0 Å². The van der Waals surface area contributed by atoms with Gasteiger partial charge in [0.15, 0.2) is 0 Å². The van der Waals surface area contributed by atoms with Gasteiger partial charge in [-0.05, 0) is 0 Å². The van der Waals surface area contributed by atoms with Crippen LogP contribution in [0, 0.1) is 0 Å². The van der Waals surface area contributed by atoms with Crippen LogP contribution >= 0.6 is 0 Å². The molecule has 6 nitrogen and oxygen atoms in total. The second-order valence-electron chi connectivity index (χ2n) is 2.51. The van der Waals surface area contributed by atoms with E-state index in [0.29, 0.717) is 0 Å². The monoisotopic (exact) mass is 457 g/mol. The van der Waals surface area contributed by atoms with E-state index in [4.69, 9.17) is 20.4 Å². The summed E-state index contributed by atoms with van der Waals surface area (Å²) in [6, 6.07) is 0. The molecule has 0 unspecified atom stereocenters. The van der Waals surface area contributed by atoms with Gasteiger partial charge in [-0.2, -0.15) is 0 Å². The molecule has 0 saturated heterocycles. The molecule has 5 N–H and O–H groups in total. The van der Waals surface area contributed by atoms with Crippen molar-refractivity contribution in [1.82, 2.24) is 0 Å². The fourth-order valence-electron chi connectivity index (χ4n) is 0.683. The van der Waals surface area contributed by atoms with Gasteiger partial charge in [-0.15, -0.1) is 0 Å². The van der Waals surface area contributed by atoms with E-state index in [9.17, 15) is 9.90 Å². The first kappa shape index (κ1) is 14.7. The molecule has 0 bridgehead atoms. The SMILES string of the molecule is O=[C]([Au][SeH])[C@@H](O)[C@@H](O)[C@H](O)[C@H](O)CO. The van der Waals surface area contributed by atoms with Crippen molar-refractivity contribution in [2.45, 2.75) is 24.4 Å². The van der Waals surface area contributed by atoms with Crippen LogP contribution in [0.1, 0.15) is 0 Å². The van der Waals surface area contributed by atoms with Crippen molar-refractivity contribution in [2.24, 2.45) is 0 Å². The first-order valence-corrected chi connectivity index (χ1v) is 10.2. The van der Waals surface area contributed by atoms with Crippen molar-refractivity contribution in [3.8, 4) is 0 Å². The normalized spacial score (nSPS) is 20.1. The first-order valence-electron chi connectivity index (χ1n) is 3.54. The molecule has 0 aromatic heterocycles. The van der Waals surface area contributed by atoms with E-state index in [0.717, 1.165) is 0 Å². The summed E-state index contributed by atoms with van der Waals surface area (Å²) in [5.41, 5.74) is 0. The average Bonchev–Trinajstić information content (AvgIpc) is 2.23. The van der Waals surface area contributed by atoms with Gasteiger partial charge in [0.2, 0.25) is 0 Å². The van der Waals surface area contributed by atoms with Gasteiger partial charge in [0, 0.05) is 0 Å². The number of rotatable bonds is 6. The number of aliphatic hydroxyl groups excluding tert-OH is 5. The molecule has 0 aliphatic heterocycles. The maximum atomic E-state index is 10.9. The van der Waals surface area contributed by atoms with Gasteiger partial charge >= 0.3 is 96.0 Å². The molecular weight excluding hydrogens is 444 g/mol. The summed E-state index contributed by atoms with van der Waals surface area (Å²) in [5, 5.41) is 44.9. The number of carbonyl (C=O) groups is 1. The number of hydrogen-bond donors (Lipinski definition) is 5. The zero-order chi connectivity index (χ0) is 11.3. The third kappa shape index (κ3) is 4.08. The molecule has 0 aromatic rings. The Morgan fingerprint density at radius 1 is 1.21 bits per heavy atom. The quantitative estimate of drug-likeness (QED) is 0.259. The molecule has 0 spiro atoms. The van der Waals surface area contributed by atoms with Crippen LogP contribution in [-0.2, 0) is 22.4 Å². The van der Waals surface area contributed by atoms with Gasteiger partial charge in [-0.25, -0.2) is 0 Å². The van der Waals surface area contributed by atoms with Crippen LogP contribution < -0.4 is 0 Å². The molecule has 0 aromatic carbocycles. The Balaban J connectivity index is 4.30. The standard InChI is InChI=1S/C6H11O6.Au.H2Se/c7-1-3(9)5(11)6(12)4(10)2-8;;/h3-7,9-12H,1H2;;1H2/q;+1;/p-1/t3-,4-,5-,6-;;/m1../s1. The summed E-state index contributed by atoms with van der Waals surface area (Å²) < 4.78 is -0.568. The first-order chi connectivity index (χ1) is 6.45. The van der Waals surface area contributed by atoms with Crippen LogP contribution in [-0.4, -0.2) is 73.7 Å². The number of aliphatic hydroxyl groups is 5. The predicted molar refractivity (Wildman–Crippen MR) is 43.3 cm³/mol. The van der Waals surface area contributed by atoms with Crippen molar-refractivity contribution < 1.29 is 47.9 Å². The molecule has 0 fully saturated rings. The van der Waals surface area contributed by atoms with Gasteiger partial charge in [-0.1, -0.05) is 0 Å². The molecule has 0 saturated carbocycles. The molecular formula is C6H12AuO6Se. The third-order valence-electron chi connectivity index (χ3n) is 1.53. The summed E-state index contributed by atoms with van der Waals surface area (Å²) in [7, 11) is 0. The zero-order valence-electron chi connectivity index (χ0n) is 6.91. The van der Waals surface area contributed by atoms with Crippen LogP contribution in [0.5, 0.6) is 0 Å². The molecule has 89 valence electrons. The third-order valence-corrected chi connectivity index (χ3v) is 4.93. The summed E-state index contributed by atoms with van der Waals surface area (Å²) in [6.07, 6.45) is -6.80. The average molecular weight is 456 g/mol. The molecule has 0 amide bonds. The van der Waals surface area contributed by atoms with Crippen LogP contribution in [0.3, 0.4) is 0 Å². The van der Waals surface area contributed by atoms with Gasteiger partial charge < -0.3 is 0 Å². The summed E-state index contributed by atoms with van der Waals surface area (Å²) in [6.45, 7) is -0.755. The van der Waals surface area contributed by atoms with Crippen molar-refractivity contribution in [3.63, 3.8) is 0 Å². The molecule has 0 aliphatic rings. The van der Waals surface area contributed by atoms with Crippen molar-refractivity contribution in [2.75, 3.05) is 6.61 Å². The van der Waals surface area contributed by atoms with Crippen LogP contribution in [0.15, 0.2) is 0 Å². The number of hydrogen-bond acceptors (Lipinski definition) is 6. The van der Waals surface area contributed by atoms with E-state index in [1.54, 1.807) is 0 Å². The molecule has 0 aliphatic carbocycles. The van der Waals surface area contributed by atoms with Gasteiger partial charge in [-0.3, -0.25) is 0 Å². The van der Waals surface area contributed by atoms with Gasteiger partial charge in [0.25, 0.3) is 0 Å². The van der Waals surface area contributed by atoms with Crippen LogP contribution in [0.4, 0.5) is 0 Å². The summed E-state index contributed by atoms with van der Waals surface area (Å²) >= 11 is 1.18. The Kier molecular flexibility index (Phi) is 7.45. The van der Waals surface area contributed by atoms with Crippen molar-refractivity contribution in [3.05, 3.63) is 0 Å². The van der Waals surface area contributed by atoms with E-state index in [1.165, 1.54) is 0 Å². The Labute approximate surface area is 95.9 Å². The fraction of sp³-hybridized carbons (Fsp3) is 0.833. The van der Waals surface area contributed by atoms with E-state index in [1.807, 2.05) is 13.1 Å².